The van der Waals surface area contributed by atoms with Crippen LogP contribution in [-0.2, 0) is 9.47 Å². The third-order valence-electron chi connectivity index (χ3n) is 4.05. The van der Waals surface area contributed by atoms with Crippen LogP contribution in [0.2, 0.25) is 0 Å². The Morgan fingerprint density at radius 3 is 2.70 bits per heavy atom. The average Bonchev–Trinajstić information content (AvgIpc) is 2.60. The maximum atomic E-state index is 6.10. The van der Waals surface area contributed by atoms with Gasteiger partial charge in [-0.25, -0.2) is 4.98 Å². The molecule has 27 heavy (non-hydrogen) atoms. The smallest absolute Gasteiger partial charge is 0.130 e. The molecule has 0 saturated heterocycles. The van der Waals surface area contributed by atoms with Crippen molar-refractivity contribution in [1.82, 2.24) is 4.98 Å². The van der Waals surface area contributed by atoms with E-state index in [9.17, 15) is 0 Å². The second-order valence-electron chi connectivity index (χ2n) is 6.62. The number of aliphatic imine (C=N–C) groups is 1. The summed E-state index contributed by atoms with van der Waals surface area (Å²) >= 11 is 0. The summed E-state index contributed by atoms with van der Waals surface area (Å²) in [5, 5.41) is 1.38. The molecule has 0 aromatic carbocycles. The average molecular weight is 375 g/mol. The topological polar surface area (TPSA) is 73.0 Å². The van der Waals surface area contributed by atoms with Crippen LogP contribution in [0.3, 0.4) is 0 Å². The quantitative estimate of drug-likeness (QED) is 0.530. The Kier molecular flexibility index (Phi) is 9.58. The SMILES string of the molecule is C=c1nc(N)cc(N(C)/C(COCC)=N\C)/c1=C(/C=C\C)OCCC(C)C. The van der Waals surface area contributed by atoms with Gasteiger partial charge in [-0.2, -0.15) is 0 Å². The van der Waals surface area contributed by atoms with E-state index in [1.165, 1.54) is 0 Å². The zero-order valence-electron chi connectivity index (χ0n) is 17.6. The first-order valence-electron chi connectivity index (χ1n) is 9.38. The molecule has 0 aliphatic rings. The van der Waals surface area contributed by atoms with Crippen LogP contribution in [0.15, 0.2) is 23.2 Å². The number of amidine groups is 1. The predicted molar refractivity (Wildman–Crippen MR) is 115 cm³/mol. The normalized spacial score (nSPS) is 13.4. The van der Waals surface area contributed by atoms with Gasteiger partial charge in [-0.05, 0) is 32.3 Å². The zero-order valence-corrected chi connectivity index (χ0v) is 17.6. The number of nitrogens with two attached hydrogens (primary N) is 1. The lowest BCUT2D eigenvalue weighted by atomic mass is 10.1. The van der Waals surface area contributed by atoms with Gasteiger partial charge in [-0.3, -0.25) is 4.99 Å². The summed E-state index contributed by atoms with van der Waals surface area (Å²) in [5.74, 6) is 2.47. The summed E-state index contributed by atoms with van der Waals surface area (Å²) < 4.78 is 11.6. The fraction of sp³-hybridized carbons (Fsp3) is 0.524. The van der Waals surface area contributed by atoms with Gasteiger partial charge in [0.1, 0.15) is 24.0 Å². The van der Waals surface area contributed by atoms with E-state index in [1.54, 1.807) is 7.05 Å². The number of allylic oxidation sites excluding steroid dienone is 1. The molecule has 1 aromatic heterocycles. The van der Waals surface area contributed by atoms with Crippen LogP contribution in [0.25, 0.3) is 12.3 Å². The summed E-state index contributed by atoms with van der Waals surface area (Å²) in [7, 11) is 3.68. The van der Waals surface area contributed by atoms with E-state index in [2.05, 4.69) is 30.4 Å². The van der Waals surface area contributed by atoms with Crippen LogP contribution >= 0.6 is 0 Å². The Bertz CT molecular complexity index is 769. The highest BCUT2D eigenvalue weighted by molar-refractivity contribution is 5.98. The Morgan fingerprint density at radius 1 is 1.44 bits per heavy atom. The highest BCUT2D eigenvalue weighted by Crippen LogP contribution is 2.13. The van der Waals surface area contributed by atoms with Crippen molar-refractivity contribution in [3.63, 3.8) is 0 Å². The van der Waals surface area contributed by atoms with Crippen molar-refractivity contribution in [3.05, 3.63) is 28.8 Å². The number of ether oxygens (including phenoxy) is 2. The molecule has 1 heterocycles. The van der Waals surface area contributed by atoms with Gasteiger partial charge in [-0.1, -0.05) is 26.5 Å². The van der Waals surface area contributed by atoms with Crippen molar-refractivity contribution in [2.24, 2.45) is 10.9 Å². The van der Waals surface area contributed by atoms with E-state index in [4.69, 9.17) is 15.2 Å². The number of pyridine rings is 1. The van der Waals surface area contributed by atoms with Gasteiger partial charge in [-0.15, -0.1) is 0 Å². The lowest BCUT2D eigenvalue weighted by Crippen LogP contribution is -2.40. The predicted octanol–water partition coefficient (Wildman–Crippen LogP) is 2.32. The van der Waals surface area contributed by atoms with E-state index in [0.717, 1.165) is 28.9 Å². The van der Waals surface area contributed by atoms with Crippen LogP contribution < -0.4 is 21.2 Å². The Hall–Kier alpha value is -2.34. The molecule has 1 aromatic rings. The van der Waals surface area contributed by atoms with Crippen molar-refractivity contribution >= 4 is 29.7 Å². The summed E-state index contributed by atoms with van der Waals surface area (Å²) in [5.41, 5.74) is 6.84. The van der Waals surface area contributed by atoms with Crippen molar-refractivity contribution in [2.75, 3.05) is 44.5 Å². The number of nitrogen functional groups attached to an aromatic ring is 1. The third-order valence-corrected chi connectivity index (χ3v) is 4.05. The summed E-state index contributed by atoms with van der Waals surface area (Å²) in [6, 6.07) is 1.82. The molecule has 0 unspecified atom stereocenters. The van der Waals surface area contributed by atoms with E-state index in [-0.39, 0.29) is 0 Å². The van der Waals surface area contributed by atoms with E-state index < -0.39 is 0 Å². The molecule has 0 bridgehead atoms. The van der Waals surface area contributed by atoms with Crippen LogP contribution in [0, 0.1) is 5.92 Å². The molecular formula is C21H34N4O2. The van der Waals surface area contributed by atoms with Gasteiger partial charge in [0.05, 0.1) is 22.9 Å². The van der Waals surface area contributed by atoms with Crippen molar-refractivity contribution < 1.29 is 9.47 Å². The molecule has 6 heteroatoms. The second-order valence-corrected chi connectivity index (χ2v) is 6.62. The van der Waals surface area contributed by atoms with Gasteiger partial charge in [0.2, 0.25) is 0 Å². The molecule has 0 amide bonds. The molecule has 0 aliphatic carbocycles. The Morgan fingerprint density at radius 2 is 2.15 bits per heavy atom. The minimum atomic E-state index is 0.402. The van der Waals surface area contributed by atoms with Gasteiger partial charge >= 0.3 is 0 Å². The van der Waals surface area contributed by atoms with Crippen LogP contribution in [0.5, 0.6) is 0 Å². The maximum Gasteiger partial charge on any atom is 0.130 e. The Balaban J connectivity index is 3.53. The first-order chi connectivity index (χ1) is 12.8. The first kappa shape index (κ1) is 22.7. The summed E-state index contributed by atoms with van der Waals surface area (Å²) in [6.07, 6.45) is 4.84. The fourth-order valence-corrected chi connectivity index (χ4v) is 2.54. The number of hydrogen-bond donors (Lipinski definition) is 1. The molecule has 0 atom stereocenters. The van der Waals surface area contributed by atoms with Gasteiger partial charge in [0.25, 0.3) is 0 Å². The van der Waals surface area contributed by atoms with Crippen molar-refractivity contribution in [3.8, 4) is 0 Å². The van der Waals surface area contributed by atoms with Crippen molar-refractivity contribution in [1.29, 1.82) is 0 Å². The molecule has 0 aliphatic heterocycles. The molecule has 0 fully saturated rings. The van der Waals surface area contributed by atoms with E-state index >= 15 is 0 Å². The molecule has 0 radical (unpaired) electrons. The van der Waals surface area contributed by atoms with Crippen LogP contribution in [0.1, 0.15) is 34.1 Å². The van der Waals surface area contributed by atoms with Crippen LogP contribution in [-0.4, -0.2) is 44.7 Å². The lowest BCUT2D eigenvalue weighted by molar-refractivity contribution is 0.186. The summed E-state index contributed by atoms with van der Waals surface area (Å²) in [6.45, 7) is 14.0. The van der Waals surface area contributed by atoms with E-state index in [0.29, 0.717) is 36.9 Å². The van der Waals surface area contributed by atoms with Gasteiger partial charge < -0.3 is 20.1 Å². The standard InChI is InChI=1S/C21H34N4O2/c1-8-10-18(27-12-11-15(3)4)21-16(5)24-19(22)13-17(21)25(7)20(23-6)14-26-9-2/h8,10,13,15H,5,9,11-12,14H2,1-4,6-7H3,(H2,22,24)/b10-8-,21-18-,23-20-. The zero-order chi connectivity index (χ0) is 20.4. The van der Waals surface area contributed by atoms with E-state index in [1.807, 2.05) is 44.0 Å². The molecule has 6 nitrogen and oxygen atoms in total. The maximum absolute atomic E-state index is 6.10. The highest BCUT2D eigenvalue weighted by atomic mass is 16.5. The fourth-order valence-electron chi connectivity index (χ4n) is 2.54. The van der Waals surface area contributed by atoms with Gasteiger partial charge in [0.15, 0.2) is 0 Å². The monoisotopic (exact) mass is 374 g/mol. The number of likely N-dealkylation sites (N-methyl/N-ethyl adjacent to an activating group) is 1. The molecule has 2 N–H and O–H groups in total. The van der Waals surface area contributed by atoms with Crippen molar-refractivity contribution in [2.45, 2.75) is 34.1 Å². The van der Waals surface area contributed by atoms with Gasteiger partial charge in [0, 0.05) is 26.8 Å². The van der Waals surface area contributed by atoms with Crippen LogP contribution in [0.4, 0.5) is 11.5 Å². The number of anilines is 2. The lowest BCUT2D eigenvalue weighted by Gasteiger charge is -2.23. The molecule has 0 spiro atoms. The third kappa shape index (κ3) is 6.71. The molecule has 150 valence electrons. The Labute approximate surface area is 163 Å². The first-order valence-corrected chi connectivity index (χ1v) is 9.38. The number of nitrogens with zero attached hydrogens (tertiary/aromatic N) is 3. The summed E-state index contributed by atoms with van der Waals surface area (Å²) in [4.78, 5) is 10.7. The number of hydrogen-bond acceptors (Lipinski definition) is 5. The molecular weight excluding hydrogens is 340 g/mol. The highest BCUT2D eigenvalue weighted by Gasteiger charge is 2.14. The number of rotatable bonds is 9. The minimum absolute atomic E-state index is 0.402. The largest absolute Gasteiger partial charge is 0.493 e. The molecule has 1 rings (SSSR count). The number of aromatic nitrogens is 1. The second kappa shape index (κ2) is 11.4. The molecule has 0 saturated carbocycles. The minimum Gasteiger partial charge on any atom is -0.493 e.